The van der Waals surface area contributed by atoms with E-state index >= 15 is 0 Å². The molecule has 2 aliphatic rings. The molecule has 2 aliphatic heterocycles. The molecule has 124 valence electrons. The molecule has 7 heteroatoms. The lowest BCUT2D eigenvalue weighted by Gasteiger charge is -2.36. The number of rotatable bonds is 4. The fourth-order valence-corrected chi connectivity index (χ4v) is 3.80. The van der Waals surface area contributed by atoms with Crippen molar-refractivity contribution in [1.29, 1.82) is 0 Å². The van der Waals surface area contributed by atoms with Crippen molar-refractivity contribution in [3.63, 3.8) is 0 Å². The normalized spacial score (nSPS) is 23.9. The smallest absolute Gasteiger partial charge is 0.308 e. The molecule has 0 bridgehead atoms. The second-order valence-corrected chi connectivity index (χ2v) is 6.46. The highest BCUT2D eigenvalue weighted by Crippen LogP contribution is 2.44. The van der Waals surface area contributed by atoms with Crippen LogP contribution in [-0.4, -0.2) is 47.2 Å². The maximum atomic E-state index is 11.7. The van der Waals surface area contributed by atoms with Gasteiger partial charge in [0, 0.05) is 50.4 Å². The van der Waals surface area contributed by atoms with Gasteiger partial charge in [0.05, 0.1) is 10.8 Å². The van der Waals surface area contributed by atoms with Gasteiger partial charge in [-0.3, -0.25) is 19.8 Å². The van der Waals surface area contributed by atoms with E-state index in [1.807, 2.05) is 0 Å². The van der Waals surface area contributed by atoms with Crippen LogP contribution in [0.25, 0.3) is 0 Å². The van der Waals surface area contributed by atoms with Crippen molar-refractivity contribution in [2.75, 3.05) is 26.3 Å². The topological polar surface area (TPSA) is 92.9 Å². The van der Waals surface area contributed by atoms with Crippen molar-refractivity contribution in [2.45, 2.75) is 19.4 Å². The van der Waals surface area contributed by atoms with Crippen molar-refractivity contribution < 1.29 is 19.6 Å². The highest BCUT2D eigenvalue weighted by atomic mass is 16.6. The number of nitro groups is 1. The molecule has 2 saturated heterocycles. The molecule has 1 atom stereocenters. The van der Waals surface area contributed by atoms with Crippen LogP contribution < -0.4 is 0 Å². The fourth-order valence-electron chi connectivity index (χ4n) is 3.80. The fraction of sp³-hybridized carbons (Fsp3) is 0.562. The van der Waals surface area contributed by atoms with E-state index < -0.39 is 10.9 Å². The average Bonchev–Trinajstić information content (AvgIpc) is 2.86. The van der Waals surface area contributed by atoms with E-state index in [0.717, 1.165) is 24.9 Å². The number of nitro benzene ring substituents is 1. The van der Waals surface area contributed by atoms with Gasteiger partial charge >= 0.3 is 5.97 Å². The number of carboxylic acid groups (broad SMARTS) is 1. The van der Waals surface area contributed by atoms with Crippen LogP contribution in [-0.2, 0) is 16.1 Å². The minimum Gasteiger partial charge on any atom is -0.481 e. The molecule has 1 spiro atoms. The number of non-ortho nitro benzene ring substituents is 1. The summed E-state index contributed by atoms with van der Waals surface area (Å²) in [6, 6.07) is 6.46. The lowest BCUT2D eigenvalue weighted by molar-refractivity contribution is -0.384. The number of nitrogens with zero attached hydrogens (tertiary/aromatic N) is 2. The molecule has 1 N–H and O–H groups in total. The molecule has 0 aliphatic carbocycles. The molecule has 0 saturated carbocycles. The van der Waals surface area contributed by atoms with Crippen LogP contribution in [0.15, 0.2) is 24.3 Å². The standard InChI is InChI=1S/C16H20N2O5/c19-15(20)14-10-17(11-16(14)5-7-23-8-6-16)9-12-1-3-13(4-2-12)18(21)22/h1-4,14H,5-11H2,(H,19,20). The van der Waals surface area contributed by atoms with E-state index in [-0.39, 0.29) is 17.0 Å². The molecule has 2 fully saturated rings. The molecular formula is C16H20N2O5. The first-order valence-electron chi connectivity index (χ1n) is 7.76. The van der Waals surface area contributed by atoms with Gasteiger partial charge in [-0.05, 0) is 18.4 Å². The molecule has 0 aromatic heterocycles. The zero-order valence-electron chi connectivity index (χ0n) is 12.8. The summed E-state index contributed by atoms with van der Waals surface area (Å²) in [5.41, 5.74) is 0.827. The summed E-state index contributed by atoms with van der Waals surface area (Å²) >= 11 is 0. The van der Waals surface area contributed by atoms with E-state index in [1.165, 1.54) is 12.1 Å². The Morgan fingerprint density at radius 2 is 2.00 bits per heavy atom. The third-order valence-corrected chi connectivity index (χ3v) is 5.06. The average molecular weight is 320 g/mol. The summed E-state index contributed by atoms with van der Waals surface area (Å²) in [6.45, 7) is 3.12. The Hall–Kier alpha value is -1.99. The SMILES string of the molecule is O=C(O)C1CN(Cc2ccc([N+](=O)[O-])cc2)CC12CCOCC2. The highest BCUT2D eigenvalue weighted by molar-refractivity contribution is 5.72. The molecule has 2 heterocycles. The maximum Gasteiger partial charge on any atom is 0.308 e. The zero-order chi connectivity index (χ0) is 16.4. The second kappa shape index (κ2) is 6.25. The van der Waals surface area contributed by atoms with Gasteiger partial charge in [-0.15, -0.1) is 0 Å². The summed E-state index contributed by atoms with van der Waals surface area (Å²) in [5, 5.41) is 20.3. The Labute approximate surface area is 134 Å². The minimum absolute atomic E-state index is 0.0690. The number of benzene rings is 1. The molecule has 0 amide bonds. The maximum absolute atomic E-state index is 11.7. The Morgan fingerprint density at radius 3 is 2.57 bits per heavy atom. The molecular weight excluding hydrogens is 300 g/mol. The largest absolute Gasteiger partial charge is 0.481 e. The summed E-state index contributed by atoms with van der Waals surface area (Å²) in [5.74, 6) is -1.11. The van der Waals surface area contributed by atoms with Crippen molar-refractivity contribution in [3.05, 3.63) is 39.9 Å². The van der Waals surface area contributed by atoms with Crippen LogP contribution in [0, 0.1) is 21.4 Å². The van der Waals surface area contributed by atoms with Crippen LogP contribution >= 0.6 is 0 Å². The van der Waals surface area contributed by atoms with Crippen LogP contribution in [0.5, 0.6) is 0 Å². The zero-order valence-corrected chi connectivity index (χ0v) is 12.8. The summed E-state index contributed by atoms with van der Waals surface area (Å²) < 4.78 is 5.40. The third kappa shape index (κ3) is 3.20. The number of aliphatic carboxylic acids is 1. The molecule has 1 aromatic carbocycles. The Morgan fingerprint density at radius 1 is 1.35 bits per heavy atom. The Bertz CT molecular complexity index is 595. The van der Waals surface area contributed by atoms with Gasteiger partial charge in [0.25, 0.3) is 5.69 Å². The summed E-state index contributed by atoms with van der Waals surface area (Å²) in [6.07, 6.45) is 1.56. The lowest BCUT2D eigenvalue weighted by atomic mass is 9.72. The van der Waals surface area contributed by atoms with Gasteiger partial charge in [0.1, 0.15) is 0 Å². The monoisotopic (exact) mass is 320 g/mol. The molecule has 7 nitrogen and oxygen atoms in total. The van der Waals surface area contributed by atoms with Gasteiger partial charge in [-0.2, -0.15) is 0 Å². The first kappa shape index (κ1) is 15.9. The molecule has 1 unspecified atom stereocenters. The van der Waals surface area contributed by atoms with Crippen LogP contribution in [0.2, 0.25) is 0 Å². The molecule has 0 radical (unpaired) electrons. The minimum atomic E-state index is -0.738. The lowest BCUT2D eigenvalue weighted by Crippen LogP contribution is -2.40. The van der Waals surface area contributed by atoms with E-state index in [2.05, 4.69) is 4.90 Å². The van der Waals surface area contributed by atoms with Crippen LogP contribution in [0.1, 0.15) is 18.4 Å². The second-order valence-electron chi connectivity index (χ2n) is 6.46. The predicted molar refractivity (Wildman–Crippen MR) is 82.0 cm³/mol. The number of hydrogen-bond acceptors (Lipinski definition) is 5. The van der Waals surface area contributed by atoms with E-state index in [0.29, 0.717) is 26.3 Å². The number of ether oxygens (including phenoxy) is 1. The van der Waals surface area contributed by atoms with Crippen molar-refractivity contribution in [3.8, 4) is 0 Å². The van der Waals surface area contributed by atoms with Gasteiger partial charge in [0.15, 0.2) is 0 Å². The quantitative estimate of drug-likeness (QED) is 0.673. The number of hydrogen-bond donors (Lipinski definition) is 1. The van der Waals surface area contributed by atoms with Gasteiger partial charge in [-0.1, -0.05) is 12.1 Å². The summed E-state index contributed by atoms with van der Waals surface area (Å²) in [7, 11) is 0. The number of likely N-dealkylation sites (tertiary alicyclic amines) is 1. The highest BCUT2D eigenvalue weighted by Gasteiger charge is 2.50. The first-order valence-corrected chi connectivity index (χ1v) is 7.76. The molecule has 23 heavy (non-hydrogen) atoms. The van der Waals surface area contributed by atoms with Crippen LogP contribution in [0.3, 0.4) is 0 Å². The van der Waals surface area contributed by atoms with E-state index in [4.69, 9.17) is 4.74 Å². The van der Waals surface area contributed by atoms with E-state index in [1.54, 1.807) is 12.1 Å². The first-order chi connectivity index (χ1) is 11.0. The van der Waals surface area contributed by atoms with Gasteiger partial charge < -0.3 is 9.84 Å². The van der Waals surface area contributed by atoms with E-state index in [9.17, 15) is 20.0 Å². The number of carbonyl (C=O) groups is 1. The molecule has 1 aromatic rings. The summed E-state index contributed by atoms with van der Waals surface area (Å²) in [4.78, 5) is 24.1. The van der Waals surface area contributed by atoms with Crippen molar-refractivity contribution in [1.82, 2.24) is 4.90 Å². The number of carboxylic acids is 1. The van der Waals surface area contributed by atoms with Gasteiger partial charge in [0.2, 0.25) is 0 Å². The molecule has 3 rings (SSSR count). The Balaban J connectivity index is 1.71. The van der Waals surface area contributed by atoms with Gasteiger partial charge in [-0.25, -0.2) is 0 Å². The predicted octanol–water partition coefficient (Wildman–Crippen LogP) is 1.91. The van der Waals surface area contributed by atoms with Crippen LogP contribution in [0.4, 0.5) is 5.69 Å². The third-order valence-electron chi connectivity index (χ3n) is 5.06. The Kier molecular flexibility index (Phi) is 4.32. The van der Waals surface area contributed by atoms with Crippen molar-refractivity contribution >= 4 is 11.7 Å². The van der Waals surface area contributed by atoms with Crippen molar-refractivity contribution in [2.24, 2.45) is 11.3 Å².